The number of carbonyl (C=O) groups excluding carboxylic acids is 3. The van der Waals surface area contributed by atoms with Gasteiger partial charge >= 0.3 is 0 Å². The van der Waals surface area contributed by atoms with Crippen LogP contribution in [-0.2, 0) is 32.4 Å². The molecule has 5 aliphatic rings. The molecule has 2 aliphatic carbocycles. The summed E-state index contributed by atoms with van der Waals surface area (Å²) in [5.74, 6) is 0.0479. The molecule has 3 aromatic carbocycles. The van der Waals surface area contributed by atoms with E-state index in [9.17, 15) is 23.1 Å². The Morgan fingerprint density at radius 1 is 1.02 bits per heavy atom. The van der Waals surface area contributed by atoms with Crippen molar-refractivity contribution >= 4 is 46.1 Å². The first-order valence-corrected chi connectivity index (χ1v) is 21.8. The topological polar surface area (TPSA) is 152 Å². The average molecular weight is 817 g/mol. The highest BCUT2D eigenvalue weighted by Crippen LogP contribution is 2.49. The van der Waals surface area contributed by atoms with Gasteiger partial charge in [-0.15, -0.1) is 0 Å². The third-order valence-corrected chi connectivity index (χ3v) is 14.9. The number of amides is 3. The molecule has 0 radical (unpaired) electrons. The molecule has 3 amide bonds. The van der Waals surface area contributed by atoms with Crippen molar-refractivity contribution in [3.05, 3.63) is 93.5 Å². The van der Waals surface area contributed by atoms with E-state index in [1.165, 1.54) is 16.0 Å². The van der Waals surface area contributed by atoms with Crippen LogP contribution in [0.15, 0.2) is 60.7 Å². The fourth-order valence-electron chi connectivity index (χ4n) is 10.0. The molecule has 2 fully saturated rings. The SMILES string of the molecule is C[C@H]([C@@H](C)CCC[C@@H](C1OCC(N2C(=O)c3ccccc3C2=O)CO1)[C@@H]1CC[C@H]1CN1C[C@@]2(CCCc3cc(Cl)ccc32)COc2ccc(C(N)=O)cc21)S(=O)[O-]. The van der Waals surface area contributed by atoms with E-state index in [2.05, 4.69) is 17.0 Å². The summed E-state index contributed by atoms with van der Waals surface area (Å²) in [5.41, 5.74) is 10.1. The number of ether oxygens (including phenoxy) is 3. The van der Waals surface area contributed by atoms with Crippen LogP contribution in [0.3, 0.4) is 0 Å². The molecular formula is C44H51ClN3O8S-. The van der Waals surface area contributed by atoms with Gasteiger partial charge < -0.3 is 29.4 Å². The number of benzene rings is 3. The Hall–Kier alpha value is -3.81. The highest BCUT2D eigenvalue weighted by atomic mass is 35.5. The van der Waals surface area contributed by atoms with Gasteiger partial charge in [0, 0.05) is 40.3 Å². The maximum atomic E-state index is 13.3. The monoisotopic (exact) mass is 816 g/mol. The zero-order chi connectivity index (χ0) is 40.0. The van der Waals surface area contributed by atoms with Gasteiger partial charge in [-0.1, -0.05) is 61.1 Å². The molecule has 1 unspecified atom stereocenters. The van der Waals surface area contributed by atoms with Crippen LogP contribution in [0, 0.1) is 23.7 Å². The Morgan fingerprint density at radius 3 is 2.42 bits per heavy atom. The van der Waals surface area contributed by atoms with Gasteiger partial charge in [0.15, 0.2) is 6.29 Å². The lowest BCUT2D eigenvalue weighted by Gasteiger charge is -2.49. The summed E-state index contributed by atoms with van der Waals surface area (Å²) in [6.45, 7) is 5.99. The van der Waals surface area contributed by atoms with Crippen molar-refractivity contribution in [2.45, 2.75) is 88.2 Å². The van der Waals surface area contributed by atoms with Crippen molar-refractivity contribution in [2.24, 2.45) is 29.4 Å². The Bertz CT molecular complexity index is 2020. The number of primary amides is 1. The summed E-state index contributed by atoms with van der Waals surface area (Å²) in [6, 6.07) is 18.0. The van der Waals surface area contributed by atoms with E-state index >= 15 is 0 Å². The van der Waals surface area contributed by atoms with Crippen LogP contribution >= 0.6 is 11.6 Å². The Morgan fingerprint density at radius 2 is 1.75 bits per heavy atom. The van der Waals surface area contributed by atoms with Gasteiger partial charge in [0.25, 0.3) is 11.8 Å². The quantitative estimate of drug-likeness (QED) is 0.156. The minimum Gasteiger partial charge on any atom is -0.772 e. The third kappa shape index (κ3) is 7.76. The van der Waals surface area contributed by atoms with Crippen LogP contribution in [0.5, 0.6) is 5.75 Å². The number of nitrogens with zero attached hydrogens (tertiary/aromatic N) is 2. The zero-order valence-electron chi connectivity index (χ0n) is 32.5. The van der Waals surface area contributed by atoms with Gasteiger partial charge in [-0.25, -0.2) is 0 Å². The Balaban J connectivity index is 1.04. The second-order valence-electron chi connectivity index (χ2n) is 16.9. The molecule has 13 heteroatoms. The summed E-state index contributed by atoms with van der Waals surface area (Å²) in [5, 5.41) is 0.272. The second-order valence-corrected chi connectivity index (χ2v) is 18.6. The summed E-state index contributed by atoms with van der Waals surface area (Å²) < 4.78 is 43.2. The number of carbonyl (C=O) groups is 3. The molecule has 3 aromatic rings. The Labute approximate surface area is 341 Å². The van der Waals surface area contributed by atoms with Crippen molar-refractivity contribution in [1.82, 2.24) is 4.90 Å². The normalized spacial score (nSPS) is 27.6. The minimum absolute atomic E-state index is 0.00158. The second kappa shape index (κ2) is 16.4. The number of fused-ring (bicyclic) bond motifs is 4. The molecule has 3 aliphatic heterocycles. The maximum absolute atomic E-state index is 13.3. The van der Waals surface area contributed by atoms with E-state index < -0.39 is 34.6 Å². The summed E-state index contributed by atoms with van der Waals surface area (Å²) in [7, 11) is 0. The first kappa shape index (κ1) is 40.0. The molecule has 304 valence electrons. The maximum Gasteiger partial charge on any atom is 0.261 e. The van der Waals surface area contributed by atoms with Crippen LogP contribution < -0.4 is 15.4 Å². The largest absolute Gasteiger partial charge is 0.772 e. The third-order valence-electron chi connectivity index (χ3n) is 13.6. The summed E-state index contributed by atoms with van der Waals surface area (Å²) in [4.78, 5) is 42.7. The van der Waals surface area contributed by atoms with Crippen LogP contribution in [0.4, 0.5) is 5.69 Å². The number of hydrogen-bond acceptors (Lipinski definition) is 9. The molecule has 1 saturated heterocycles. The minimum atomic E-state index is -2.15. The van der Waals surface area contributed by atoms with Gasteiger partial charge in [0.05, 0.1) is 42.7 Å². The smallest absolute Gasteiger partial charge is 0.261 e. The van der Waals surface area contributed by atoms with E-state index in [-0.39, 0.29) is 54.1 Å². The summed E-state index contributed by atoms with van der Waals surface area (Å²) >= 11 is 4.33. The molecule has 2 N–H and O–H groups in total. The predicted molar refractivity (Wildman–Crippen MR) is 216 cm³/mol. The fraction of sp³-hybridized carbons (Fsp3) is 0.523. The molecule has 7 atom stereocenters. The van der Waals surface area contributed by atoms with Crippen LogP contribution in [0.1, 0.15) is 101 Å². The molecule has 0 bridgehead atoms. The number of halogens is 1. The molecule has 3 heterocycles. The lowest BCUT2D eigenvalue weighted by molar-refractivity contribution is -0.237. The van der Waals surface area contributed by atoms with Crippen molar-refractivity contribution in [1.29, 1.82) is 0 Å². The van der Waals surface area contributed by atoms with E-state index in [0.717, 1.165) is 74.4 Å². The number of rotatable bonds is 12. The molecule has 0 aromatic heterocycles. The number of nitrogens with two attached hydrogens (primary N) is 1. The predicted octanol–water partition coefficient (Wildman–Crippen LogP) is 6.67. The first-order chi connectivity index (χ1) is 27.4. The average Bonchev–Trinajstić information content (AvgIpc) is 3.35. The van der Waals surface area contributed by atoms with Gasteiger partial charge in [0.2, 0.25) is 5.91 Å². The van der Waals surface area contributed by atoms with Crippen molar-refractivity contribution in [3.63, 3.8) is 0 Å². The molecule has 11 nitrogen and oxygen atoms in total. The summed E-state index contributed by atoms with van der Waals surface area (Å²) in [6.07, 6.45) is 6.66. The number of imide groups is 1. The molecule has 57 heavy (non-hydrogen) atoms. The highest BCUT2D eigenvalue weighted by molar-refractivity contribution is 7.79. The molecule has 1 saturated carbocycles. The Kier molecular flexibility index (Phi) is 11.5. The number of anilines is 1. The van der Waals surface area contributed by atoms with Crippen LogP contribution in [0.25, 0.3) is 0 Å². The van der Waals surface area contributed by atoms with Crippen molar-refractivity contribution in [3.8, 4) is 5.75 Å². The van der Waals surface area contributed by atoms with Gasteiger partial charge in [-0.05, 0) is 116 Å². The highest BCUT2D eigenvalue weighted by Gasteiger charge is 2.48. The zero-order valence-corrected chi connectivity index (χ0v) is 34.1. The molecular weight excluding hydrogens is 766 g/mol. The van der Waals surface area contributed by atoms with Gasteiger partial charge in [0.1, 0.15) is 5.75 Å². The van der Waals surface area contributed by atoms with E-state index in [0.29, 0.717) is 29.8 Å². The van der Waals surface area contributed by atoms with Gasteiger partial charge in [-0.2, -0.15) is 0 Å². The molecule has 8 rings (SSSR count). The van der Waals surface area contributed by atoms with Crippen molar-refractivity contribution in [2.75, 3.05) is 37.8 Å². The van der Waals surface area contributed by atoms with E-state index in [4.69, 9.17) is 31.5 Å². The lowest BCUT2D eigenvalue weighted by atomic mass is 9.64. The van der Waals surface area contributed by atoms with E-state index in [1.54, 1.807) is 37.3 Å². The van der Waals surface area contributed by atoms with Gasteiger partial charge in [-0.3, -0.25) is 23.5 Å². The number of aryl methyl sites for hydroxylation is 1. The van der Waals surface area contributed by atoms with Crippen LogP contribution in [-0.4, -0.2) is 81.9 Å². The molecule has 1 spiro atoms. The lowest BCUT2D eigenvalue weighted by Crippen LogP contribution is -2.53. The standard InChI is InChI=1S/C44H52ClN3O8S/c1-26(27(2)57(52)53)7-5-11-36(43-54-22-32(23-55-43)48-41(50)34-9-3-4-10-35(34)42(48)51)33-15-12-30(33)21-47-24-44(18-6-8-28-19-31(45)14-16-37(28)44)25-56-39-17-13-29(40(46)49)20-38(39)47/h3-4,9-10,13-14,16-17,19-20,26-27,30,32-33,36,43H,5-8,11-12,15,18,21-25H2,1-2H3,(H2,46,49)(H,52,53)/p-1/t26-,27+,30-,32?,33+,36+,43?,44-/m0/s1. The van der Waals surface area contributed by atoms with Crippen LogP contribution in [0.2, 0.25) is 5.02 Å². The van der Waals surface area contributed by atoms with E-state index in [1.807, 2.05) is 25.1 Å². The first-order valence-electron chi connectivity index (χ1n) is 20.3. The number of hydrogen-bond donors (Lipinski definition) is 1. The van der Waals surface area contributed by atoms with Crippen molar-refractivity contribution < 1.29 is 37.4 Å². The fourth-order valence-corrected chi connectivity index (χ4v) is 10.7.